The van der Waals surface area contributed by atoms with Gasteiger partial charge in [0.1, 0.15) is 6.54 Å². The Bertz CT molecular complexity index is 1170. The number of fused-ring (bicyclic) bond motifs is 1. The van der Waals surface area contributed by atoms with E-state index in [1.807, 2.05) is 6.92 Å². The van der Waals surface area contributed by atoms with Crippen molar-refractivity contribution in [3.8, 4) is 0 Å². The van der Waals surface area contributed by atoms with Crippen molar-refractivity contribution in [1.29, 1.82) is 0 Å². The Labute approximate surface area is 165 Å². The van der Waals surface area contributed by atoms with Crippen LogP contribution in [0.1, 0.15) is 26.2 Å². The van der Waals surface area contributed by atoms with E-state index in [2.05, 4.69) is 5.32 Å². The standard InChI is InChI=1S/C21H21F2N3O3/c1-2-3-6-11-25-20(28)15-7-4-5-8-18(15)26(21(25)29)13-19(27)24-14-9-10-16(22)17(23)12-14/h4-5,7-10,12H,2-3,6,11,13H2,1H3,(H,24,27). The van der Waals surface area contributed by atoms with Crippen LogP contribution in [0.25, 0.3) is 10.9 Å². The molecule has 0 spiro atoms. The SMILES string of the molecule is CCCCCn1c(=O)c2ccccc2n(CC(=O)Nc2ccc(F)c(F)c2)c1=O. The molecular weight excluding hydrogens is 380 g/mol. The molecule has 29 heavy (non-hydrogen) atoms. The third-order valence-electron chi connectivity index (χ3n) is 4.62. The summed E-state index contributed by atoms with van der Waals surface area (Å²) < 4.78 is 28.8. The molecule has 6 nitrogen and oxygen atoms in total. The van der Waals surface area contributed by atoms with Gasteiger partial charge in [0.05, 0.1) is 10.9 Å². The van der Waals surface area contributed by atoms with Crippen LogP contribution in [0.15, 0.2) is 52.1 Å². The number of benzene rings is 2. The maximum Gasteiger partial charge on any atom is 0.331 e. The third-order valence-corrected chi connectivity index (χ3v) is 4.62. The maximum atomic E-state index is 13.4. The zero-order valence-corrected chi connectivity index (χ0v) is 16.0. The number of carbonyl (C=O) groups excluding carboxylic acids is 1. The molecule has 0 unspecified atom stereocenters. The average Bonchev–Trinajstić information content (AvgIpc) is 2.70. The number of aromatic nitrogens is 2. The number of hydrogen-bond acceptors (Lipinski definition) is 3. The molecule has 0 aliphatic heterocycles. The highest BCUT2D eigenvalue weighted by molar-refractivity contribution is 5.91. The molecule has 0 radical (unpaired) electrons. The molecule has 0 saturated carbocycles. The van der Waals surface area contributed by atoms with Crippen molar-refractivity contribution >= 4 is 22.5 Å². The fourth-order valence-electron chi connectivity index (χ4n) is 3.16. The molecule has 152 valence electrons. The summed E-state index contributed by atoms with van der Waals surface area (Å²) in [6.45, 7) is 1.91. The summed E-state index contributed by atoms with van der Waals surface area (Å²) in [4.78, 5) is 38.1. The van der Waals surface area contributed by atoms with Crippen LogP contribution in [0.3, 0.4) is 0 Å². The van der Waals surface area contributed by atoms with Crippen LogP contribution >= 0.6 is 0 Å². The predicted octanol–water partition coefficient (Wildman–Crippen LogP) is 3.27. The number of hydrogen-bond donors (Lipinski definition) is 1. The third kappa shape index (κ3) is 4.42. The van der Waals surface area contributed by atoms with Gasteiger partial charge in [0.25, 0.3) is 5.56 Å². The summed E-state index contributed by atoms with van der Waals surface area (Å²) in [5.74, 6) is -2.71. The molecule has 1 amide bonds. The van der Waals surface area contributed by atoms with Crippen LogP contribution in [0.5, 0.6) is 0 Å². The van der Waals surface area contributed by atoms with Gasteiger partial charge in [-0.05, 0) is 30.7 Å². The Morgan fingerprint density at radius 3 is 2.48 bits per heavy atom. The zero-order chi connectivity index (χ0) is 21.0. The first-order valence-electron chi connectivity index (χ1n) is 9.39. The molecule has 0 aliphatic carbocycles. The number of rotatable bonds is 7. The van der Waals surface area contributed by atoms with Crippen molar-refractivity contribution in [3.05, 3.63) is 74.9 Å². The van der Waals surface area contributed by atoms with Crippen molar-refractivity contribution in [3.63, 3.8) is 0 Å². The monoisotopic (exact) mass is 401 g/mol. The van der Waals surface area contributed by atoms with Crippen LogP contribution in [0, 0.1) is 11.6 Å². The summed E-state index contributed by atoms with van der Waals surface area (Å²) in [5.41, 5.74) is -0.554. The average molecular weight is 401 g/mol. The molecule has 1 heterocycles. The van der Waals surface area contributed by atoms with Crippen molar-refractivity contribution < 1.29 is 13.6 Å². The van der Waals surface area contributed by atoms with E-state index in [-0.39, 0.29) is 24.3 Å². The minimum absolute atomic E-state index is 0.0718. The quantitative estimate of drug-likeness (QED) is 0.618. The lowest BCUT2D eigenvalue weighted by atomic mass is 10.2. The van der Waals surface area contributed by atoms with E-state index in [0.29, 0.717) is 17.3 Å². The Morgan fingerprint density at radius 2 is 1.76 bits per heavy atom. The molecule has 1 N–H and O–H groups in total. The number of unbranched alkanes of at least 4 members (excludes halogenated alkanes) is 2. The molecule has 8 heteroatoms. The number of nitrogens with zero attached hydrogens (tertiary/aromatic N) is 2. The number of nitrogens with one attached hydrogen (secondary N) is 1. The van der Waals surface area contributed by atoms with Crippen LogP contribution in [-0.2, 0) is 17.9 Å². The highest BCUT2D eigenvalue weighted by Crippen LogP contribution is 2.14. The van der Waals surface area contributed by atoms with Gasteiger partial charge in [-0.15, -0.1) is 0 Å². The smallest absolute Gasteiger partial charge is 0.324 e. The first kappa shape index (κ1) is 20.4. The second-order valence-electron chi connectivity index (χ2n) is 6.73. The second kappa shape index (κ2) is 8.81. The van der Waals surface area contributed by atoms with Gasteiger partial charge < -0.3 is 5.32 Å². The first-order valence-corrected chi connectivity index (χ1v) is 9.39. The maximum absolute atomic E-state index is 13.4. The van der Waals surface area contributed by atoms with E-state index in [1.165, 1.54) is 10.6 Å². The number of para-hydroxylation sites is 1. The number of halogens is 2. The van der Waals surface area contributed by atoms with E-state index in [0.717, 1.165) is 29.5 Å². The first-order chi connectivity index (χ1) is 13.9. The number of carbonyl (C=O) groups is 1. The highest BCUT2D eigenvalue weighted by Gasteiger charge is 2.15. The molecule has 2 aromatic carbocycles. The van der Waals surface area contributed by atoms with Gasteiger partial charge in [-0.25, -0.2) is 13.6 Å². The van der Waals surface area contributed by atoms with E-state index in [1.54, 1.807) is 24.3 Å². The van der Waals surface area contributed by atoms with Crippen LogP contribution < -0.4 is 16.6 Å². The van der Waals surface area contributed by atoms with Crippen molar-refractivity contribution in [2.75, 3.05) is 5.32 Å². The molecule has 0 aliphatic rings. The Kier molecular flexibility index (Phi) is 6.21. The van der Waals surface area contributed by atoms with Crippen molar-refractivity contribution in [1.82, 2.24) is 9.13 Å². The largest absolute Gasteiger partial charge is 0.331 e. The van der Waals surface area contributed by atoms with Crippen LogP contribution in [0.4, 0.5) is 14.5 Å². The lowest BCUT2D eigenvalue weighted by Crippen LogP contribution is -2.41. The lowest BCUT2D eigenvalue weighted by Gasteiger charge is -2.14. The van der Waals surface area contributed by atoms with E-state index >= 15 is 0 Å². The minimum Gasteiger partial charge on any atom is -0.324 e. The molecular formula is C21H21F2N3O3. The Hall–Kier alpha value is -3.29. The van der Waals surface area contributed by atoms with Gasteiger partial charge in [-0.1, -0.05) is 31.9 Å². The Morgan fingerprint density at radius 1 is 1.00 bits per heavy atom. The van der Waals surface area contributed by atoms with Crippen molar-refractivity contribution in [2.24, 2.45) is 0 Å². The Balaban J connectivity index is 1.96. The van der Waals surface area contributed by atoms with Crippen molar-refractivity contribution in [2.45, 2.75) is 39.3 Å². The molecule has 0 fully saturated rings. The number of anilines is 1. The zero-order valence-electron chi connectivity index (χ0n) is 16.0. The van der Waals surface area contributed by atoms with Crippen LogP contribution in [0.2, 0.25) is 0 Å². The summed E-state index contributed by atoms with van der Waals surface area (Å²) >= 11 is 0. The normalized spacial score (nSPS) is 11.0. The van der Waals surface area contributed by atoms with Gasteiger partial charge in [0.2, 0.25) is 5.91 Å². The van der Waals surface area contributed by atoms with Crippen LogP contribution in [-0.4, -0.2) is 15.0 Å². The van der Waals surface area contributed by atoms with Gasteiger partial charge in [0.15, 0.2) is 11.6 Å². The van der Waals surface area contributed by atoms with Gasteiger partial charge in [0, 0.05) is 18.3 Å². The summed E-state index contributed by atoms with van der Waals surface area (Å²) in [6.07, 6.45) is 2.48. The predicted molar refractivity (Wildman–Crippen MR) is 107 cm³/mol. The lowest BCUT2D eigenvalue weighted by molar-refractivity contribution is -0.116. The number of amides is 1. The fourth-order valence-corrected chi connectivity index (χ4v) is 3.16. The molecule has 3 aromatic rings. The van der Waals surface area contributed by atoms with Gasteiger partial charge in [-0.3, -0.25) is 18.7 Å². The molecule has 0 saturated heterocycles. The van der Waals surface area contributed by atoms with E-state index in [4.69, 9.17) is 0 Å². The van der Waals surface area contributed by atoms with E-state index < -0.39 is 23.2 Å². The molecule has 3 rings (SSSR count). The second-order valence-corrected chi connectivity index (χ2v) is 6.73. The molecule has 0 bridgehead atoms. The summed E-state index contributed by atoms with van der Waals surface area (Å²) in [7, 11) is 0. The molecule has 0 atom stereocenters. The minimum atomic E-state index is -1.09. The topological polar surface area (TPSA) is 73.1 Å². The fraction of sp³-hybridized carbons (Fsp3) is 0.286. The van der Waals surface area contributed by atoms with Gasteiger partial charge >= 0.3 is 5.69 Å². The van der Waals surface area contributed by atoms with Gasteiger partial charge in [-0.2, -0.15) is 0 Å². The highest BCUT2D eigenvalue weighted by atomic mass is 19.2. The summed E-state index contributed by atoms with van der Waals surface area (Å²) in [6, 6.07) is 9.56. The summed E-state index contributed by atoms with van der Waals surface area (Å²) in [5, 5.41) is 2.78. The van der Waals surface area contributed by atoms with E-state index in [9.17, 15) is 23.2 Å². The molecule has 1 aromatic heterocycles.